The van der Waals surface area contributed by atoms with Crippen LogP contribution in [0, 0.1) is 5.92 Å². The fraction of sp³-hybridized carbons (Fsp3) is 0.394. The molecule has 0 bridgehead atoms. The Morgan fingerprint density at radius 3 is 2.46 bits per heavy atom. The van der Waals surface area contributed by atoms with E-state index in [1.54, 1.807) is 6.92 Å². The number of allylic oxidation sites excluding steroid dienone is 1. The molecule has 214 valence electrons. The summed E-state index contributed by atoms with van der Waals surface area (Å²) in [6.45, 7) is 3.53. The van der Waals surface area contributed by atoms with E-state index in [0.29, 0.717) is 24.3 Å². The van der Waals surface area contributed by atoms with Crippen molar-refractivity contribution in [2.75, 3.05) is 0 Å². The molecular weight excluding hydrogens is 516 g/mol. The average molecular weight is 555 g/mol. The monoisotopic (exact) mass is 554 g/mol. The number of rotatable bonds is 11. The van der Waals surface area contributed by atoms with Crippen molar-refractivity contribution >= 4 is 40.5 Å². The normalized spacial score (nSPS) is 17.1. The van der Waals surface area contributed by atoms with E-state index in [1.165, 1.54) is 0 Å². The topological polar surface area (TPSA) is 120 Å². The summed E-state index contributed by atoms with van der Waals surface area (Å²) in [6.07, 6.45) is 8.41. The lowest BCUT2D eigenvalue weighted by atomic mass is 9.98. The van der Waals surface area contributed by atoms with Crippen LogP contribution < -0.4 is 16.0 Å². The molecule has 41 heavy (non-hydrogen) atoms. The number of fused-ring (bicyclic) bond motifs is 2. The van der Waals surface area contributed by atoms with Gasteiger partial charge >= 0.3 is 0 Å². The maximum atomic E-state index is 13.5. The van der Waals surface area contributed by atoms with Crippen molar-refractivity contribution in [3.63, 3.8) is 0 Å². The van der Waals surface area contributed by atoms with Crippen LogP contribution in [0.1, 0.15) is 62.6 Å². The molecule has 3 aromatic rings. The zero-order chi connectivity index (χ0) is 28.9. The van der Waals surface area contributed by atoms with Crippen LogP contribution in [0.25, 0.3) is 16.5 Å². The Morgan fingerprint density at radius 2 is 1.71 bits per heavy atom. The Bertz CT molecular complexity index is 1480. The number of amides is 3. The number of H-pyrrole nitrogens is 1. The summed E-state index contributed by atoms with van der Waals surface area (Å²) < 4.78 is 0. The van der Waals surface area contributed by atoms with Crippen molar-refractivity contribution in [2.24, 2.45) is 5.92 Å². The molecule has 4 N–H and O–H groups in total. The van der Waals surface area contributed by atoms with Crippen LogP contribution >= 0.6 is 0 Å². The number of hydrogen-bond donors (Lipinski definition) is 4. The predicted octanol–water partition coefficient (Wildman–Crippen LogP) is 3.99. The summed E-state index contributed by atoms with van der Waals surface area (Å²) in [4.78, 5) is 55.1. The maximum absolute atomic E-state index is 13.5. The second-order valence-corrected chi connectivity index (χ2v) is 11.4. The first-order chi connectivity index (χ1) is 19.8. The molecule has 1 fully saturated rings. The molecule has 8 nitrogen and oxygen atoms in total. The van der Waals surface area contributed by atoms with Crippen LogP contribution in [-0.4, -0.2) is 47.1 Å². The number of hydrogen-bond acceptors (Lipinski definition) is 4. The number of aromatic amines is 1. The van der Waals surface area contributed by atoms with E-state index in [4.69, 9.17) is 0 Å². The number of carbonyl (C=O) groups excluding carboxylic acids is 4. The molecule has 2 aromatic carbocycles. The van der Waals surface area contributed by atoms with Gasteiger partial charge in [0, 0.05) is 35.5 Å². The molecule has 1 heterocycles. The van der Waals surface area contributed by atoms with Crippen molar-refractivity contribution in [1.82, 2.24) is 20.9 Å². The SMILES string of the molecule is CC1=C(C(=O)NC(C)C(=O)NC(Cc2c[nH]c3ccccc23)C(=O)N[C@H](C=O)CC2CCCC2)Cc2ccccc21. The Kier molecular flexibility index (Phi) is 8.67. The van der Waals surface area contributed by atoms with Gasteiger partial charge in [0.15, 0.2) is 0 Å². The van der Waals surface area contributed by atoms with Gasteiger partial charge in [-0.2, -0.15) is 0 Å². The molecule has 1 aromatic heterocycles. The molecule has 8 heteroatoms. The largest absolute Gasteiger partial charge is 0.361 e. The molecule has 5 rings (SSSR count). The van der Waals surface area contributed by atoms with Gasteiger partial charge in [-0.1, -0.05) is 68.1 Å². The Balaban J connectivity index is 1.28. The molecule has 0 radical (unpaired) electrons. The Labute approximate surface area is 240 Å². The van der Waals surface area contributed by atoms with Gasteiger partial charge < -0.3 is 25.7 Å². The van der Waals surface area contributed by atoms with Crippen molar-refractivity contribution in [1.29, 1.82) is 0 Å². The molecule has 0 spiro atoms. The highest BCUT2D eigenvalue weighted by molar-refractivity contribution is 6.05. The fourth-order valence-corrected chi connectivity index (χ4v) is 6.19. The fourth-order valence-electron chi connectivity index (χ4n) is 6.19. The quantitative estimate of drug-likeness (QED) is 0.268. The van der Waals surface area contributed by atoms with Gasteiger partial charge in [0.1, 0.15) is 18.4 Å². The van der Waals surface area contributed by atoms with Gasteiger partial charge in [0.25, 0.3) is 0 Å². The first-order valence-electron chi connectivity index (χ1n) is 14.5. The van der Waals surface area contributed by atoms with Gasteiger partial charge in [-0.05, 0) is 54.5 Å². The van der Waals surface area contributed by atoms with Crippen molar-refractivity contribution < 1.29 is 19.2 Å². The maximum Gasteiger partial charge on any atom is 0.248 e. The van der Waals surface area contributed by atoms with Crippen LogP contribution in [0.2, 0.25) is 0 Å². The lowest BCUT2D eigenvalue weighted by Gasteiger charge is -2.24. The molecule has 2 aliphatic rings. The Hall–Kier alpha value is -4.20. The van der Waals surface area contributed by atoms with E-state index in [0.717, 1.165) is 65.1 Å². The van der Waals surface area contributed by atoms with E-state index >= 15 is 0 Å². The summed E-state index contributed by atoms with van der Waals surface area (Å²) in [5.41, 5.74) is 5.49. The third-order valence-corrected chi connectivity index (χ3v) is 8.54. The Morgan fingerprint density at radius 1 is 0.976 bits per heavy atom. The highest BCUT2D eigenvalue weighted by Gasteiger charge is 2.30. The number of nitrogens with one attached hydrogen (secondary N) is 4. The first-order valence-corrected chi connectivity index (χ1v) is 14.5. The highest BCUT2D eigenvalue weighted by atomic mass is 16.2. The molecule has 0 aliphatic heterocycles. The minimum Gasteiger partial charge on any atom is -0.361 e. The van der Waals surface area contributed by atoms with E-state index in [2.05, 4.69) is 20.9 Å². The summed E-state index contributed by atoms with van der Waals surface area (Å²) >= 11 is 0. The lowest BCUT2D eigenvalue weighted by molar-refractivity contribution is -0.132. The highest BCUT2D eigenvalue weighted by Crippen LogP contribution is 2.32. The third-order valence-electron chi connectivity index (χ3n) is 8.54. The predicted molar refractivity (Wildman–Crippen MR) is 159 cm³/mol. The summed E-state index contributed by atoms with van der Waals surface area (Å²) in [5, 5.41) is 9.51. The molecule has 0 saturated heterocycles. The molecule has 3 amide bonds. The molecule has 2 unspecified atom stereocenters. The van der Waals surface area contributed by atoms with Crippen LogP contribution in [0.3, 0.4) is 0 Å². The second kappa shape index (κ2) is 12.5. The summed E-state index contributed by atoms with van der Waals surface area (Å²) in [5.74, 6) is -0.758. The number of para-hydroxylation sites is 1. The van der Waals surface area contributed by atoms with Gasteiger partial charge in [-0.3, -0.25) is 14.4 Å². The van der Waals surface area contributed by atoms with Crippen molar-refractivity contribution in [3.05, 3.63) is 77.0 Å². The third kappa shape index (κ3) is 6.42. The van der Waals surface area contributed by atoms with Crippen LogP contribution in [0.5, 0.6) is 0 Å². The average Bonchev–Trinajstić information content (AvgIpc) is 3.72. The molecule has 3 atom stereocenters. The van der Waals surface area contributed by atoms with E-state index < -0.39 is 29.9 Å². The standard InChI is InChI=1S/C33H38N4O4/c1-20-26-12-6-5-11-23(26)16-28(20)32(40)35-21(2)31(39)37-30(17-24-18-34-29-14-8-7-13-27(24)29)33(41)36-25(19-38)15-22-9-3-4-10-22/h5-8,11-14,18-19,21-22,25,30,34H,3-4,9-10,15-17H2,1-2H3,(H,35,40)(H,36,41)(H,37,39)/t21?,25-,30?/m0/s1. The van der Waals surface area contributed by atoms with Gasteiger partial charge in [0.2, 0.25) is 17.7 Å². The van der Waals surface area contributed by atoms with Crippen LogP contribution in [-0.2, 0) is 32.0 Å². The van der Waals surface area contributed by atoms with Crippen molar-refractivity contribution in [2.45, 2.75) is 76.9 Å². The van der Waals surface area contributed by atoms with E-state index in [-0.39, 0.29) is 12.3 Å². The van der Waals surface area contributed by atoms with Crippen molar-refractivity contribution in [3.8, 4) is 0 Å². The lowest BCUT2D eigenvalue weighted by Crippen LogP contribution is -2.55. The van der Waals surface area contributed by atoms with Crippen LogP contribution in [0.4, 0.5) is 0 Å². The zero-order valence-corrected chi connectivity index (χ0v) is 23.7. The number of aromatic nitrogens is 1. The van der Waals surface area contributed by atoms with Crippen LogP contribution in [0.15, 0.2) is 60.3 Å². The molecular formula is C33H38N4O4. The van der Waals surface area contributed by atoms with Gasteiger partial charge in [-0.25, -0.2) is 0 Å². The zero-order valence-electron chi connectivity index (χ0n) is 23.7. The minimum absolute atomic E-state index is 0.233. The second-order valence-electron chi connectivity index (χ2n) is 11.4. The number of benzene rings is 2. The molecule has 1 saturated carbocycles. The van der Waals surface area contributed by atoms with Gasteiger partial charge in [0.05, 0.1) is 6.04 Å². The summed E-state index contributed by atoms with van der Waals surface area (Å²) in [7, 11) is 0. The first kappa shape index (κ1) is 28.3. The van der Waals surface area contributed by atoms with E-state index in [1.807, 2.05) is 61.7 Å². The number of aldehydes is 1. The smallest absolute Gasteiger partial charge is 0.248 e. The summed E-state index contributed by atoms with van der Waals surface area (Å²) in [6, 6.07) is 13.3. The van der Waals surface area contributed by atoms with E-state index in [9.17, 15) is 19.2 Å². The van der Waals surface area contributed by atoms with Gasteiger partial charge in [-0.15, -0.1) is 0 Å². The minimum atomic E-state index is -0.927. The molecule has 2 aliphatic carbocycles. The number of carbonyl (C=O) groups is 4.